The van der Waals surface area contributed by atoms with E-state index < -0.39 is 0 Å². The highest BCUT2D eigenvalue weighted by molar-refractivity contribution is 7.09. The van der Waals surface area contributed by atoms with Crippen LogP contribution >= 0.6 is 11.3 Å². The molecule has 0 aliphatic carbocycles. The summed E-state index contributed by atoms with van der Waals surface area (Å²) < 4.78 is 11.4. The second-order valence-corrected chi connectivity index (χ2v) is 7.87. The topological polar surface area (TPSA) is 63.7 Å². The zero-order valence-corrected chi connectivity index (χ0v) is 16.9. The Labute approximate surface area is 164 Å². The number of thiazole rings is 1. The van der Waals surface area contributed by atoms with Crippen molar-refractivity contribution in [1.82, 2.24) is 15.2 Å². The monoisotopic (exact) mass is 389 g/mol. The standard InChI is InChI=1S/C20H27N3O3S/c1-14(10-16-4-6-17(7-5-16)26-12-20(24)21-3)23-8-9-25-19(11-23)18-13-27-15(2)22-18/h4-7,13-14,19H,8-12H2,1-3H3,(H,21,24). The predicted molar refractivity (Wildman–Crippen MR) is 106 cm³/mol. The summed E-state index contributed by atoms with van der Waals surface area (Å²) in [5.41, 5.74) is 2.30. The lowest BCUT2D eigenvalue weighted by Crippen LogP contribution is -2.44. The highest BCUT2D eigenvalue weighted by Gasteiger charge is 2.26. The molecule has 3 rings (SSSR count). The fraction of sp³-hybridized carbons (Fsp3) is 0.500. The van der Waals surface area contributed by atoms with Crippen molar-refractivity contribution >= 4 is 17.2 Å². The molecule has 2 unspecified atom stereocenters. The third-order valence-electron chi connectivity index (χ3n) is 4.79. The molecule has 1 aliphatic heterocycles. The van der Waals surface area contributed by atoms with Gasteiger partial charge in [0.2, 0.25) is 0 Å². The first kappa shape index (κ1) is 19.8. The number of carbonyl (C=O) groups excluding carboxylic acids is 1. The molecule has 2 atom stereocenters. The number of nitrogens with one attached hydrogen (secondary N) is 1. The average molecular weight is 390 g/mol. The van der Waals surface area contributed by atoms with Crippen LogP contribution in [0.2, 0.25) is 0 Å². The van der Waals surface area contributed by atoms with E-state index in [2.05, 4.69) is 39.6 Å². The molecule has 7 heteroatoms. The molecule has 1 aromatic carbocycles. The van der Waals surface area contributed by atoms with Gasteiger partial charge in [-0.15, -0.1) is 11.3 Å². The average Bonchev–Trinajstić information content (AvgIpc) is 3.13. The fourth-order valence-electron chi connectivity index (χ4n) is 3.19. The minimum Gasteiger partial charge on any atom is -0.484 e. The molecule has 2 aromatic rings. The highest BCUT2D eigenvalue weighted by atomic mass is 32.1. The van der Waals surface area contributed by atoms with Gasteiger partial charge in [0.1, 0.15) is 11.9 Å². The zero-order valence-electron chi connectivity index (χ0n) is 16.1. The van der Waals surface area contributed by atoms with Crippen molar-refractivity contribution in [3.63, 3.8) is 0 Å². The number of benzene rings is 1. The van der Waals surface area contributed by atoms with Crippen LogP contribution < -0.4 is 10.1 Å². The number of hydrogen-bond acceptors (Lipinski definition) is 6. The number of morpholine rings is 1. The van der Waals surface area contributed by atoms with Crippen molar-refractivity contribution in [1.29, 1.82) is 0 Å². The number of carbonyl (C=O) groups is 1. The minimum atomic E-state index is -0.134. The molecule has 0 spiro atoms. The third-order valence-corrected chi connectivity index (χ3v) is 5.58. The lowest BCUT2D eigenvalue weighted by atomic mass is 10.0. The smallest absolute Gasteiger partial charge is 0.257 e. The number of hydrogen-bond donors (Lipinski definition) is 1. The first-order valence-corrected chi connectivity index (χ1v) is 10.1. The summed E-state index contributed by atoms with van der Waals surface area (Å²) in [7, 11) is 1.60. The van der Waals surface area contributed by atoms with Crippen molar-refractivity contribution in [3.8, 4) is 5.75 Å². The minimum absolute atomic E-state index is 0.0392. The summed E-state index contributed by atoms with van der Waals surface area (Å²) in [6.45, 7) is 6.87. The van der Waals surface area contributed by atoms with Gasteiger partial charge in [0.15, 0.2) is 6.61 Å². The van der Waals surface area contributed by atoms with Gasteiger partial charge >= 0.3 is 0 Å². The number of aryl methyl sites for hydroxylation is 1. The van der Waals surface area contributed by atoms with Crippen molar-refractivity contribution in [2.75, 3.05) is 33.4 Å². The van der Waals surface area contributed by atoms with Gasteiger partial charge in [-0.1, -0.05) is 12.1 Å². The Kier molecular flexibility index (Phi) is 6.82. The molecule has 1 N–H and O–H groups in total. The molecule has 1 fully saturated rings. The zero-order chi connectivity index (χ0) is 19.2. The first-order valence-electron chi connectivity index (χ1n) is 9.25. The van der Waals surface area contributed by atoms with Gasteiger partial charge < -0.3 is 14.8 Å². The van der Waals surface area contributed by atoms with Gasteiger partial charge in [0.25, 0.3) is 5.91 Å². The Morgan fingerprint density at radius 2 is 2.22 bits per heavy atom. The predicted octanol–water partition coefficient (Wildman–Crippen LogP) is 2.58. The number of aromatic nitrogens is 1. The van der Waals surface area contributed by atoms with E-state index in [4.69, 9.17) is 9.47 Å². The lowest BCUT2D eigenvalue weighted by Gasteiger charge is -2.36. The van der Waals surface area contributed by atoms with Gasteiger partial charge in [0, 0.05) is 31.6 Å². The molecule has 1 aliphatic rings. The van der Waals surface area contributed by atoms with Crippen LogP contribution in [0, 0.1) is 6.92 Å². The maximum Gasteiger partial charge on any atom is 0.257 e. The summed E-state index contributed by atoms with van der Waals surface area (Å²) >= 11 is 1.67. The fourth-order valence-corrected chi connectivity index (χ4v) is 3.84. The molecule has 0 radical (unpaired) electrons. The molecule has 6 nitrogen and oxygen atoms in total. The van der Waals surface area contributed by atoms with E-state index in [-0.39, 0.29) is 18.6 Å². The van der Waals surface area contributed by atoms with Gasteiger partial charge in [-0.3, -0.25) is 9.69 Å². The van der Waals surface area contributed by atoms with Crippen LogP contribution in [0.1, 0.15) is 29.3 Å². The highest BCUT2D eigenvalue weighted by Crippen LogP contribution is 2.25. The van der Waals surface area contributed by atoms with E-state index in [1.807, 2.05) is 19.1 Å². The Morgan fingerprint density at radius 3 is 2.89 bits per heavy atom. The van der Waals surface area contributed by atoms with E-state index in [1.54, 1.807) is 18.4 Å². The SMILES string of the molecule is CNC(=O)COc1ccc(CC(C)N2CCOC(c3csc(C)n3)C2)cc1. The molecule has 0 saturated carbocycles. The second kappa shape index (κ2) is 9.30. The summed E-state index contributed by atoms with van der Waals surface area (Å²) in [6.07, 6.45) is 1.02. The van der Waals surface area contributed by atoms with Crippen LogP contribution in [0.25, 0.3) is 0 Å². The normalized spacial score (nSPS) is 18.9. The van der Waals surface area contributed by atoms with Crippen LogP contribution in [0.5, 0.6) is 5.75 Å². The van der Waals surface area contributed by atoms with Gasteiger partial charge in [-0.2, -0.15) is 0 Å². The van der Waals surface area contributed by atoms with Crippen LogP contribution in [-0.4, -0.2) is 55.2 Å². The second-order valence-electron chi connectivity index (χ2n) is 6.80. The summed E-state index contributed by atoms with van der Waals surface area (Å²) in [5, 5.41) is 5.73. The third kappa shape index (κ3) is 5.51. The van der Waals surface area contributed by atoms with Crippen molar-refractivity contribution < 1.29 is 14.3 Å². The van der Waals surface area contributed by atoms with E-state index in [1.165, 1.54) is 5.56 Å². The van der Waals surface area contributed by atoms with E-state index in [0.29, 0.717) is 11.8 Å². The van der Waals surface area contributed by atoms with Gasteiger partial charge in [0.05, 0.1) is 17.3 Å². The number of ether oxygens (including phenoxy) is 2. The number of likely N-dealkylation sites (N-methyl/N-ethyl adjacent to an activating group) is 1. The van der Waals surface area contributed by atoms with E-state index >= 15 is 0 Å². The summed E-state index contributed by atoms with van der Waals surface area (Å²) in [6, 6.07) is 8.39. The Hall–Kier alpha value is -1.96. The van der Waals surface area contributed by atoms with Crippen LogP contribution in [0.15, 0.2) is 29.6 Å². The van der Waals surface area contributed by atoms with Crippen LogP contribution in [0.4, 0.5) is 0 Å². The first-order chi connectivity index (χ1) is 13.0. The number of amides is 1. The quantitative estimate of drug-likeness (QED) is 0.789. The lowest BCUT2D eigenvalue weighted by molar-refractivity contribution is -0.122. The molecule has 146 valence electrons. The van der Waals surface area contributed by atoms with Crippen molar-refractivity contribution in [2.24, 2.45) is 0 Å². The maximum absolute atomic E-state index is 11.2. The van der Waals surface area contributed by atoms with Crippen molar-refractivity contribution in [3.05, 3.63) is 45.9 Å². The molecular weight excluding hydrogens is 362 g/mol. The van der Waals surface area contributed by atoms with Crippen LogP contribution in [0.3, 0.4) is 0 Å². The van der Waals surface area contributed by atoms with Gasteiger partial charge in [-0.25, -0.2) is 4.98 Å². The van der Waals surface area contributed by atoms with Gasteiger partial charge in [-0.05, 0) is 38.0 Å². The molecule has 1 amide bonds. The maximum atomic E-state index is 11.2. The molecule has 27 heavy (non-hydrogen) atoms. The van der Waals surface area contributed by atoms with E-state index in [0.717, 1.165) is 36.8 Å². The number of rotatable bonds is 7. The van der Waals surface area contributed by atoms with Crippen LogP contribution in [-0.2, 0) is 16.0 Å². The van der Waals surface area contributed by atoms with Crippen molar-refractivity contribution in [2.45, 2.75) is 32.4 Å². The molecule has 0 bridgehead atoms. The Morgan fingerprint density at radius 1 is 1.44 bits per heavy atom. The van der Waals surface area contributed by atoms with E-state index in [9.17, 15) is 4.79 Å². The Balaban J connectivity index is 1.53. The largest absolute Gasteiger partial charge is 0.484 e. The Bertz CT molecular complexity index is 747. The molecule has 1 saturated heterocycles. The molecule has 2 heterocycles. The molecular formula is C20H27N3O3S. The molecule has 1 aromatic heterocycles. The summed E-state index contributed by atoms with van der Waals surface area (Å²) in [5.74, 6) is 0.574. The number of nitrogens with zero attached hydrogens (tertiary/aromatic N) is 2. The summed E-state index contributed by atoms with van der Waals surface area (Å²) in [4.78, 5) is 18.3.